The molecule has 1 aliphatic rings. The molecule has 0 saturated carbocycles. The number of nitrogens with one attached hydrogen (secondary N) is 1. The number of amides is 2. The van der Waals surface area contributed by atoms with E-state index in [4.69, 9.17) is 0 Å². The van der Waals surface area contributed by atoms with Crippen LogP contribution < -0.4 is 5.32 Å². The second kappa shape index (κ2) is 7.27. The third-order valence-electron chi connectivity index (χ3n) is 4.80. The van der Waals surface area contributed by atoms with Crippen molar-refractivity contribution in [1.29, 1.82) is 0 Å². The van der Waals surface area contributed by atoms with Crippen molar-refractivity contribution in [1.82, 2.24) is 14.7 Å². The average Bonchev–Trinajstić information content (AvgIpc) is 2.91. The summed E-state index contributed by atoms with van der Waals surface area (Å²) >= 11 is 0. The molecule has 0 bridgehead atoms. The third kappa shape index (κ3) is 4.02. The maximum absolute atomic E-state index is 12.6. The zero-order chi connectivity index (χ0) is 17.9. The Bertz CT molecular complexity index is 724. The van der Waals surface area contributed by atoms with E-state index in [0.29, 0.717) is 19.5 Å². The Morgan fingerprint density at radius 2 is 2.04 bits per heavy atom. The van der Waals surface area contributed by atoms with Crippen LogP contribution in [-0.4, -0.2) is 44.5 Å². The number of carbonyl (C=O) groups excluding carboxylic acids is 1. The van der Waals surface area contributed by atoms with Gasteiger partial charge >= 0.3 is 6.03 Å². The lowest BCUT2D eigenvalue weighted by molar-refractivity contribution is 0.0458. The minimum Gasteiger partial charge on any atom is -0.390 e. The number of rotatable bonds is 3. The van der Waals surface area contributed by atoms with Gasteiger partial charge in [-0.15, -0.1) is 0 Å². The molecule has 2 amide bonds. The van der Waals surface area contributed by atoms with Crippen molar-refractivity contribution in [3.05, 3.63) is 42.2 Å². The predicted octanol–water partition coefficient (Wildman–Crippen LogP) is 3.20. The van der Waals surface area contributed by atoms with E-state index in [0.717, 1.165) is 36.3 Å². The zero-order valence-electron chi connectivity index (χ0n) is 14.9. The van der Waals surface area contributed by atoms with Crippen LogP contribution >= 0.6 is 0 Å². The Hall–Kier alpha value is -2.34. The van der Waals surface area contributed by atoms with Gasteiger partial charge in [0.1, 0.15) is 0 Å². The Labute approximate surface area is 148 Å². The van der Waals surface area contributed by atoms with Crippen LogP contribution in [0.25, 0.3) is 5.69 Å². The standard InChI is InChI=1S/C19H26N4O2/c1-3-17-16(14-20-23(17)15-8-5-4-6-9-15)21-18(24)22-12-7-10-19(2,25)11-13-22/h4-6,8-9,14,25H,3,7,10-13H2,1-2H3,(H,21,24). The van der Waals surface area contributed by atoms with E-state index in [2.05, 4.69) is 17.3 Å². The Balaban J connectivity index is 1.75. The molecular weight excluding hydrogens is 316 g/mol. The van der Waals surface area contributed by atoms with E-state index < -0.39 is 5.60 Å². The molecule has 1 aromatic carbocycles. The molecule has 1 aromatic heterocycles. The van der Waals surface area contributed by atoms with Gasteiger partial charge < -0.3 is 15.3 Å². The van der Waals surface area contributed by atoms with Gasteiger partial charge in [0.2, 0.25) is 0 Å². The molecule has 6 heteroatoms. The van der Waals surface area contributed by atoms with Gasteiger partial charge in [-0.1, -0.05) is 25.1 Å². The second-order valence-corrected chi connectivity index (χ2v) is 6.87. The van der Waals surface area contributed by atoms with E-state index in [1.54, 1.807) is 11.1 Å². The number of anilines is 1. The minimum atomic E-state index is -0.679. The minimum absolute atomic E-state index is 0.125. The summed E-state index contributed by atoms with van der Waals surface area (Å²) in [5, 5.41) is 17.6. The molecular formula is C19H26N4O2. The number of aliphatic hydroxyl groups is 1. The molecule has 6 nitrogen and oxygen atoms in total. The second-order valence-electron chi connectivity index (χ2n) is 6.87. The number of benzene rings is 1. The molecule has 134 valence electrons. The zero-order valence-corrected chi connectivity index (χ0v) is 14.9. The van der Waals surface area contributed by atoms with Gasteiger partial charge in [0.15, 0.2) is 0 Å². The number of hydrogen-bond donors (Lipinski definition) is 2. The number of aromatic nitrogens is 2. The molecule has 1 aliphatic heterocycles. The van der Waals surface area contributed by atoms with Crippen LogP contribution in [0, 0.1) is 0 Å². The first-order valence-electron chi connectivity index (χ1n) is 8.91. The van der Waals surface area contributed by atoms with Gasteiger partial charge in [-0.05, 0) is 44.7 Å². The van der Waals surface area contributed by atoms with Crippen LogP contribution in [0.4, 0.5) is 10.5 Å². The van der Waals surface area contributed by atoms with Crippen LogP contribution in [0.2, 0.25) is 0 Å². The van der Waals surface area contributed by atoms with E-state index in [-0.39, 0.29) is 6.03 Å². The molecule has 1 unspecified atom stereocenters. The molecule has 1 saturated heterocycles. The van der Waals surface area contributed by atoms with Crippen LogP contribution in [-0.2, 0) is 6.42 Å². The van der Waals surface area contributed by atoms with Crippen LogP contribution in [0.3, 0.4) is 0 Å². The fraction of sp³-hybridized carbons (Fsp3) is 0.474. The lowest BCUT2D eigenvalue weighted by Gasteiger charge is -2.23. The fourth-order valence-corrected chi connectivity index (χ4v) is 3.27. The van der Waals surface area contributed by atoms with Gasteiger partial charge in [-0.25, -0.2) is 9.48 Å². The Kier molecular flexibility index (Phi) is 5.08. The molecule has 2 aromatic rings. The van der Waals surface area contributed by atoms with Gasteiger partial charge in [0.05, 0.1) is 28.9 Å². The summed E-state index contributed by atoms with van der Waals surface area (Å²) in [7, 11) is 0. The van der Waals surface area contributed by atoms with Crippen molar-refractivity contribution in [2.75, 3.05) is 18.4 Å². The Morgan fingerprint density at radius 1 is 1.28 bits per heavy atom. The van der Waals surface area contributed by atoms with Gasteiger partial charge in [-0.2, -0.15) is 5.10 Å². The largest absolute Gasteiger partial charge is 0.390 e. The highest BCUT2D eigenvalue weighted by Gasteiger charge is 2.27. The quantitative estimate of drug-likeness (QED) is 0.900. The van der Waals surface area contributed by atoms with Crippen molar-refractivity contribution in [2.24, 2.45) is 0 Å². The Morgan fingerprint density at radius 3 is 2.76 bits per heavy atom. The number of urea groups is 1. The third-order valence-corrected chi connectivity index (χ3v) is 4.80. The van der Waals surface area contributed by atoms with E-state index >= 15 is 0 Å². The smallest absolute Gasteiger partial charge is 0.321 e. The highest BCUT2D eigenvalue weighted by atomic mass is 16.3. The molecule has 25 heavy (non-hydrogen) atoms. The van der Waals surface area contributed by atoms with Crippen molar-refractivity contribution >= 4 is 11.7 Å². The summed E-state index contributed by atoms with van der Waals surface area (Å²) in [5.41, 5.74) is 2.02. The van der Waals surface area contributed by atoms with E-state index in [9.17, 15) is 9.90 Å². The van der Waals surface area contributed by atoms with Crippen LogP contribution in [0.15, 0.2) is 36.5 Å². The lowest BCUT2D eigenvalue weighted by atomic mass is 9.98. The molecule has 0 spiro atoms. The van der Waals surface area contributed by atoms with Crippen LogP contribution in [0.1, 0.15) is 38.8 Å². The maximum atomic E-state index is 12.6. The number of hydrogen-bond acceptors (Lipinski definition) is 3. The van der Waals surface area contributed by atoms with E-state index in [1.165, 1.54) is 0 Å². The molecule has 0 radical (unpaired) electrons. The summed E-state index contributed by atoms with van der Waals surface area (Å²) in [6, 6.07) is 9.77. The van der Waals surface area contributed by atoms with Gasteiger partial charge in [-0.3, -0.25) is 0 Å². The van der Waals surface area contributed by atoms with Crippen molar-refractivity contribution in [2.45, 2.75) is 45.1 Å². The van der Waals surface area contributed by atoms with Gasteiger partial charge in [0, 0.05) is 13.1 Å². The summed E-state index contributed by atoms with van der Waals surface area (Å²) < 4.78 is 1.86. The van der Waals surface area contributed by atoms with E-state index in [1.807, 2.05) is 41.9 Å². The SMILES string of the molecule is CCc1c(NC(=O)N2CCCC(C)(O)CC2)cnn1-c1ccccc1. The maximum Gasteiger partial charge on any atom is 0.321 e. The highest BCUT2D eigenvalue weighted by molar-refractivity contribution is 5.90. The first-order valence-corrected chi connectivity index (χ1v) is 8.91. The first-order chi connectivity index (χ1) is 12.0. The topological polar surface area (TPSA) is 70.4 Å². The molecule has 2 N–H and O–H groups in total. The summed E-state index contributed by atoms with van der Waals surface area (Å²) in [6.45, 7) is 5.12. The lowest BCUT2D eigenvalue weighted by Crippen LogP contribution is -2.36. The number of para-hydroxylation sites is 1. The number of nitrogens with zero attached hydrogens (tertiary/aromatic N) is 3. The van der Waals surface area contributed by atoms with Crippen molar-refractivity contribution in [3.8, 4) is 5.69 Å². The molecule has 3 rings (SSSR count). The number of carbonyl (C=O) groups is 1. The number of likely N-dealkylation sites (tertiary alicyclic amines) is 1. The summed E-state index contributed by atoms with van der Waals surface area (Å²) in [4.78, 5) is 14.4. The van der Waals surface area contributed by atoms with Crippen molar-refractivity contribution in [3.63, 3.8) is 0 Å². The summed E-state index contributed by atoms with van der Waals surface area (Å²) in [6.07, 6.45) is 4.61. The van der Waals surface area contributed by atoms with Crippen molar-refractivity contribution < 1.29 is 9.90 Å². The monoisotopic (exact) mass is 342 g/mol. The van der Waals surface area contributed by atoms with Crippen LogP contribution in [0.5, 0.6) is 0 Å². The van der Waals surface area contributed by atoms with Gasteiger partial charge in [0.25, 0.3) is 0 Å². The summed E-state index contributed by atoms with van der Waals surface area (Å²) in [5.74, 6) is 0. The average molecular weight is 342 g/mol. The normalized spacial score (nSPS) is 21.0. The fourth-order valence-electron chi connectivity index (χ4n) is 3.27. The predicted molar refractivity (Wildman–Crippen MR) is 98.0 cm³/mol. The highest BCUT2D eigenvalue weighted by Crippen LogP contribution is 2.23. The first kappa shape index (κ1) is 17.5. The molecule has 2 heterocycles. The molecule has 1 atom stereocenters. The molecule has 0 aliphatic carbocycles. The molecule has 1 fully saturated rings.